The number of ether oxygens (including phenoxy) is 1. The van der Waals surface area contributed by atoms with Gasteiger partial charge >= 0.3 is 0 Å². The van der Waals surface area contributed by atoms with Crippen LogP contribution in [-0.2, 0) is 0 Å². The molecule has 1 N–H and O–H groups in total. The first kappa shape index (κ1) is 14.7. The van der Waals surface area contributed by atoms with E-state index in [0.717, 1.165) is 31.0 Å². The van der Waals surface area contributed by atoms with Gasteiger partial charge in [0.2, 0.25) is 0 Å². The summed E-state index contributed by atoms with van der Waals surface area (Å²) >= 11 is 0. The van der Waals surface area contributed by atoms with E-state index < -0.39 is 17.2 Å². The summed E-state index contributed by atoms with van der Waals surface area (Å²) in [5.74, 6) is -1.13. The van der Waals surface area contributed by atoms with Gasteiger partial charge in [-0.2, -0.15) is 5.26 Å². The molecule has 3 nitrogen and oxygen atoms in total. The molecule has 1 aliphatic rings. The number of rotatable bonds is 7. The molecular formula is C15H18F2N2O. The fraction of sp³-hybridized carbons (Fsp3) is 0.533. The minimum Gasteiger partial charge on any atom is -0.493 e. The Morgan fingerprint density at radius 2 is 2.00 bits per heavy atom. The van der Waals surface area contributed by atoms with Gasteiger partial charge in [0.15, 0.2) is 0 Å². The number of nitrogens with zero attached hydrogens (tertiary/aromatic N) is 1. The molecule has 1 aromatic carbocycles. The summed E-state index contributed by atoms with van der Waals surface area (Å²) < 4.78 is 31.2. The highest BCUT2D eigenvalue weighted by Gasteiger charge is 2.31. The largest absolute Gasteiger partial charge is 0.493 e. The van der Waals surface area contributed by atoms with Crippen LogP contribution in [0.25, 0.3) is 0 Å². The van der Waals surface area contributed by atoms with Crippen molar-refractivity contribution in [3.63, 3.8) is 0 Å². The van der Waals surface area contributed by atoms with Crippen LogP contribution in [0.3, 0.4) is 0 Å². The lowest BCUT2D eigenvalue weighted by Crippen LogP contribution is -2.42. The molecule has 0 bridgehead atoms. The topological polar surface area (TPSA) is 45.0 Å². The lowest BCUT2D eigenvalue weighted by Gasteiger charge is -2.23. The Bertz CT molecular complexity index is 491. The third-order valence-electron chi connectivity index (χ3n) is 3.27. The molecule has 1 saturated carbocycles. The SMILES string of the molecule is CC(C#N)(CCCOc1cc(F)cc(F)c1)NC1CC1. The van der Waals surface area contributed by atoms with Crippen molar-refractivity contribution in [1.29, 1.82) is 5.26 Å². The maximum absolute atomic E-state index is 13.0. The van der Waals surface area contributed by atoms with Crippen LogP contribution in [0.1, 0.15) is 32.6 Å². The highest BCUT2D eigenvalue weighted by Crippen LogP contribution is 2.24. The summed E-state index contributed by atoms with van der Waals surface area (Å²) in [7, 11) is 0. The fourth-order valence-electron chi connectivity index (χ4n) is 2.07. The van der Waals surface area contributed by atoms with E-state index in [1.165, 1.54) is 0 Å². The van der Waals surface area contributed by atoms with Gasteiger partial charge in [0.05, 0.1) is 12.7 Å². The van der Waals surface area contributed by atoms with Crippen LogP contribution >= 0.6 is 0 Å². The second kappa shape index (κ2) is 6.19. The van der Waals surface area contributed by atoms with E-state index in [9.17, 15) is 14.0 Å². The molecule has 0 amide bonds. The van der Waals surface area contributed by atoms with Crippen LogP contribution in [0, 0.1) is 23.0 Å². The molecule has 0 aliphatic heterocycles. The van der Waals surface area contributed by atoms with Crippen LogP contribution in [0.15, 0.2) is 18.2 Å². The summed E-state index contributed by atoms with van der Waals surface area (Å²) in [4.78, 5) is 0. The third-order valence-corrected chi connectivity index (χ3v) is 3.27. The maximum atomic E-state index is 13.0. The van der Waals surface area contributed by atoms with Crippen molar-refractivity contribution in [3.8, 4) is 11.8 Å². The van der Waals surface area contributed by atoms with Gasteiger partial charge in [0, 0.05) is 24.2 Å². The van der Waals surface area contributed by atoms with E-state index in [4.69, 9.17) is 4.74 Å². The first-order valence-electron chi connectivity index (χ1n) is 6.79. The van der Waals surface area contributed by atoms with E-state index in [-0.39, 0.29) is 5.75 Å². The van der Waals surface area contributed by atoms with Gasteiger partial charge in [-0.15, -0.1) is 0 Å². The minimum absolute atomic E-state index is 0.177. The number of nitrogens with one attached hydrogen (secondary N) is 1. The average molecular weight is 280 g/mol. The first-order valence-corrected chi connectivity index (χ1v) is 6.79. The maximum Gasteiger partial charge on any atom is 0.129 e. The Balaban J connectivity index is 1.76. The summed E-state index contributed by atoms with van der Waals surface area (Å²) in [6, 6.07) is 5.84. The summed E-state index contributed by atoms with van der Waals surface area (Å²) in [6.07, 6.45) is 3.52. The Kier molecular flexibility index (Phi) is 4.56. The minimum atomic E-state index is -0.655. The second-order valence-electron chi connectivity index (χ2n) is 5.42. The number of nitriles is 1. The zero-order valence-corrected chi connectivity index (χ0v) is 11.5. The van der Waals surface area contributed by atoms with Crippen LogP contribution in [-0.4, -0.2) is 18.2 Å². The van der Waals surface area contributed by atoms with Gasteiger partial charge in [-0.25, -0.2) is 8.78 Å². The summed E-state index contributed by atoms with van der Waals surface area (Å²) in [6.45, 7) is 2.19. The van der Waals surface area contributed by atoms with Gasteiger partial charge in [-0.05, 0) is 32.6 Å². The molecule has 0 heterocycles. The zero-order valence-electron chi connectivity index (χ0n) is 11.5. The lowest BCUT2D eigenvalue weighted by molar-refractivity contribution is 0.282. The number of hydrogen-bond donors (Lipinski definition) is 1. The Morgan fingerprint density at radius 3 is 2.55 bits per heavy atom. The van der Waals surface area contributed by atoms with Crippen LogP contribution in [0.2, 0.25) is 0 Å². The summed E-state index contributed by atoms with van der Waals surface area (Å²) in [5.41, 5.74) is -0.558. The van der Waals surface area contributed by atoms with Crippen molar-refractivity contribution in [3.05, 3.63) is 29.8 Å². The Labute approximate surface area is 117 Å². The first-order chi connectivity index (χ1) is 9.50. The molecule has 1 aliphatic carbocycles. The molecule has 20 heavy (non-hydrogen) atoms. The second-order valence-corrected chi connectivity index (χ2v) is 5.42. The molecule has 108 valence electrons. The number of halogens is 2. The predicted octanol–water partition coefficient (Wildman–Crippen LogP) is 3.16. The van der Waals surface area contributed by atoms with E-state index in [0.29, 0.717) is 25.5 Å². The molecule has 2 rings (SSSR count). The molecule has 0 spiro atoms. The van der Waals surface area contributed by atoms with E-state index in [2.05, 4.69) is 11.4 Å². The normalized spacial score (nSPS) is 17.3. The van der Waals surface area contributed by atoms with Crippen molar-refractivity contribution in [2.24, 2.45) is 0 Å². The predicted molar refractivity (Wildman–Crippen MR) is 71.3 cm³/mol. The monoisotopic (exact) mass is 280 g/mol. The van der Waals surface area contributed by atoms with Gasteiger partial charge < -0.3 is 4.74 Å². The molecule has 1 atom stereocenters. The number of benzene rings is 1. The van der Waals surface area contributed by atoms with Crippen LogP contribution in [0.5, 0.6) is 5.75 Å². The molecule has 1 aromatic rings. The van der Waals surface area contributed by atoms with Crippen molar-refractivity contribution in [2.75, 3.05) is 6.61 Å². The van der Waals surface area contributed by atoms with Crippen molar-refractivity contribution >= 4 is 0 Å². The van der Waals surface area contributed by atoms with Gasteiger partial charge in [0.25, 0.3) is 0 Å². The van der Waals surface area contributed by atoms with Gasteiger partial charge in [-0.1, -0.05) is 0 Å². The van der Waals surface area contributed by atoms with E-state index in [1.54, 1.807) is 0 Å². The molecule has 5 heteroatoms. The molecule has 0 aromatic heterocycles. The highest BCUT2D eigenvalue weighted by molar-refractivity contribution is 5.23. The summed E-state index contributed by atoms with van der Waals surface area (Å²) in [5, 5.41) is 12.5. The van der Waals surface area contributed by atoms with Crippen molar-refractivity contribution in [1.82, 2.24) is 5.32 Å². The van der Waals surface area contributed by atoms with Crippen LogP contribution in [0.4, 0.5) is 8.78 Å². The molecule has 1 unspecified atom stereocenters. The average Bonchev–Trinajstić information content (AvgIpc) is 3.17. The van der Waals surface area contributed by atoms with E-state index >= 15 is 0 Å². The number of hydrogen-bond acceptors (Lipinski definition) is 3. The molecule has 0 saturated heterocycles. The quantitative estimate of drug-likeness (QED) is 0.780. The fourth-order valence-corrected chi connectivity index (χ4v) is 2.07. The van der Waals surface area contributed by atoms with Crippen molar-refractivity contribution in [2.45, 2.75) is 44.2 Å². The van der Waals surface area contributed by atoms with Gasteiger partial charge in [0.1, 0.15) is 22.9 Å². The van der Waals surface area contributed by atoms with Gasteiger partial charge in [-0.3, -0.25) is 5.32 Å². The standard InChI is InChI=1S/C15H18F2N2O/c1-15(10-18,19-13-3-4-13)5-2-6-20-14-8-11(16)7-12(17)9-14/h7-9,13,19H,2-6H2,1H3. The third kappa shape index (κ3) is 4.46. The van der Waals surface area contributed by atoms with E-state index in [1.807, 2.05) is 6.92 Å². The molecular weight excluding hydrogens is 262 g/mol. The van der Waals surface area contributed by atoms with Crippen LogP contribution < -0.4 is 10.1 Å². The zero-order chi connectivity index (χ0) is 14.6. The lowest BCUT2D eigenvalue weighted by atomic mass is 9.98. The highest BCUT2D eigenvalue weighted by atomic mass is 19.1. The molecule has 0 radical (unpaired) electrons. The van der Waals surface area contributed by atoms with Crippen molar-refractivity contribution < 1.29 is 13.5 Å². The Morgan fingerprint density at radius 1 is 1.35 bits per heavy atom. The molecule has 1 fully saturated rings. The Hall–Kier alpha value is -1.67. The smallest absolute Gasteiger partial charge is 0.129 e.